The summed E-state index contributed by atoms with van der Waals surface area (Å²) in [5.41, 5.74) is 3.16. The molecule has 4 aromatic carbocycles. The molecule has 0 radical (unpaired) electrons. The van der Waals surface area contributed by atoms with E-state index in [4.69, 9.17) is 0 Å². The van der Waals surface area contributed by atoms with E-state index in [2.05, 4.69) is 17.0 Å². The molecule has 1 unspecified atom stereocenters. The lowest BCUT2D eigenvalue weighted by molar-refractivity contribution is 0.0747. The quantitative estimate of drug-likeness (QED) is 0.327. The van der Waals surface area contributed by atoms with E-state index in [1.807, 2.05) is 71.6 Å². The molecule has 37 heavy (non-hydrogen) atoms. The molecule has 0 spiro atoms. The molecule has 1 aliphatic rings. The van der Waals surface area contributed by atoms with Crippen LogP contribution in [0.1, 0.15) is 15.9 Å². The third kappa shape index (κ3) is 5.89. The van der Waals surface area contributed by atoms with Crippen molar-refractivity contribution >= 4 is 28.3 Å². The minimum atomic E-state index is -1.51. The van der Waals surface area contributed by atoms with Crippen molar-refractivity contribution in [1.82, 2.24) is 4.90 Å². The Morgan fingerprint density at radius 3 is 2.08 bits per heavy atom. The molecule has 0 saturated carbocycles. The monoisotopic (exact) mass is 513 g/mol. The van der Waals surface area contributed by atoms with Gasteiger partial charge in [0, 0.05) is 37.4 Å². The van der Waals surface area contributed by atoms with Crippen LogP contribution in [-0.4, -0.2) is 41.2 Å². The maximum atomic E-state index is 13.8. The lowest BCUT2D eigenvalue weighted by Crippen LogP contribution is -2.48. The molecule has 5 rings (SSSR count). The minimum Gasteiger partial charge on any atom is -0.368 e. The molecule has 0 bridgehead atoms. The zero-order valence-electron chi connectivity index (χ0n) is 20.4. The molecule has 1 fully saturated rings. The first-order chi connectivity index (χ1) is 18.1. The van der Waals surface area contributed by atoms with Gasteiger partial charge in [-0.15, -0.1) is 0 Å². The number of carbonyl (C=O) groups is 1. The lowest BCUT2D eigenvalue weighted by Gasteiger charge is -2.36. The summed E-state index contributed by atoms with van der Waals surface area (Å²) in [5, 5.41) is 0. The first-order valence-electron chi connectivity index (χ1n) is 12.3. The largest absolute Gasteiger partial charge is 0.368 e. The first-order valence-corrected chi connectivity index (χ1v) is 13.4. The lowest BCUT2D eigenvalue weighted by atomic mass is 10.1. The summed E-state index contributed by atoms with van der Waals surface area (Å²) in [6.07, 6.45) is 0. The van der Waals surface area contributed by atoms with Crippen LogP contribution in [0.15, 0.2) is 114 Å². The Bertz CT molecular complexity index is 1360. The topological polar surface area (TPSA) is 43.9 Å². The van der Waals surface area contributed by atoms with Crippen molar-refractivity contribution in [3.8, 4) is 0 Å². The second-order valence-corrected chi connectivity index (χ2v) is 10.3. The van der Waals surface area contributed by atoms with E-state index in [1.165, 1.54) is 17.8 Å². The number of rotatable bonds is 7. The van der Waals surface area contributed by atoms with Crippen LogP contribution in [0.3, 0.4) is 0 Å². The van der Waals surface area contributed by atoms with Gasteiger partial charge in [-0.1, -0.05) is 48.5 Å². The number of carbonyl (C=O) groups excluding carboxylic acids is 1. The van der Waals surface area contributed by atoms with E-state index in [1.54, 1.807) is 22.5 Å². The molecule has 4 aromatic rings. The Morgan fingerprint density at radius 2 is 1.43 bits per heavy atom. The summed E-state index contributed by atoms with van der Waals surface area (Å²) in [4.78, 5) is 18.0. The predicted molar refractivity (Wildman–Crippen MR) is 146 cm³/mol. The molecular formula is C30H28FN3O2S. The highest BCUT2D eigenvalue weighted by Crippen LogP contribution is 2.25. The standard InChI is InChI=1S/C30H28FN3O2S/c31-26-9-7-8-24(22-26)23-34(37(36)29-12-5-2-6-13-29)28-16-14-25(15-17-28)30(35)33-20-18-32(19-21-33)27-10-3-1-4-11-27/h1-17,22H,18-21,23H2. The summed E-state index contributed by atoms with van der Waals surface area (Å²) in [5.74, 6) is -0.351. The van der Waals surface area contributed by atoms with Crippen LogP contribution < -0.4 is 9.21 Å². The average molecular weight is 514 g/mol. The Balaban J connectivity index is 1.32. The number of piperazine rings is 1. The summed E-state index contributed by atoms with van der Waals surface area (Å²) < 4.78 is 29.1. The SMILES string of the molecule is O=C(c1ccc(N(Cc2cccc(F)c2)S(=O)c2ccccc2)cc1)N1CCN(c2ccccc2)CC1. The second-order valence-electron chi connectivity index (χ2n) is 8.89. The Morgan fingerprint density at radius 1 is 0.784 bits per heavy atom. The van der Waals surface area contributed by atoms with Crippen molar-refractivity contribution in [3.63, 3.8) is 0 Å². The fourth-order valence-electron chi connectivity index (χ4n) is 4.47. The van der Waals surface area contributed by atoms with Crippen LogP contribution in [0.4, 0.5) is 15.8 Å². The van der Waals surface area contributed by atoms with Crippen LogP contribution in [0, 0.1) is 5.82 Å². The smallest absolute Gasteiger partial charge is 0.253 e. The molecule has 1 heterocycles. The molecule has 7 heteroatoms. The molecule has 1 saturated heterocycles. The predicted octanol–water partition coefficient (Wildman–Crippen LogP) is 5.52. The van der Waals surface area contributed by atoms with Gasteiger partial charge in [0.25, 0.3) is 5.91 Å². The van der Waals surface area contributed by atoms with Gasteiger partial charge >= 0.3 is 0 Å². The maximum Gasteiger partial charge on any atom is 0.253 e. The van der Waals surface area contributed by atoms with Crippen molar-refractivity contribution in [2.45, 2.75) is 11.4 Å². The van der Waals surface area contributed by atoms with Crippen molar-refractivity contribution < 1.29 is 13.4 Å². The number of hydrogen-bond donors (Lipinski definition) is 0. The van der Waals surface area contributed by atoms with Gasteiger partial charge in [0.2, 0.25) is 0 Å². The van der Waals surface area contributed by atoms with Crippen molar-refractivity contribution in [2.75, 3.05) is 35.4 Å². The second kappa shape index (κ2) is 11.4. The summed E-state index contributed by atoms with van der Waals surface area (Å²) in [7, 11) is -1.51. The number of para-hydroxylation sites is 1. The molecule has 188 valence electrons. The molecular weight excluding hydrogens is 485 g/mol. The minimum absolute atomic E-state index is 0.0138. The van der Waals surface area contributed by atoms with Crippen molar-refractivity contribution in [3.05, 3.63) is 126 Å². The fraction of sp³-hybridized carbons (Fsp3) is 0.167. The van der Waals surface area contributed by atoms with Gasteiger partial charge in [-0.2, -0.15) is 0 Å². The molecule has 1 amide bonds. The number of benzene rings is 4. The number of hydrogen-bond acceptors (Lipinski definition) is 3. The number of anilines is 2. The Kier molecular flexibility index (Phi) is 7.61. The van der Waals surface area contributed by atoms with Crippen LogP contribution in [0.5, 0.6) is 0 Å². The van der Waals surface area contributed by atoms with E-state index in [0.717, 1.165) is 13.1 Å². The molecule has 0 aromatic heterocycles. The van der Waals surface area contributed by atoms with Gasteiger partial charge in [0.1, 0.15) is 5.82 Å². The maximum absolute atomic E-state index is 13.8. The van der Waals surface area contributed by atoms with Gasteiger partial charge < -0.3 is 9.80 Å². The molecule has 5 nitrogen and oxygen atoms in total. The Labute approximate surface area is 219 Å². The van der Waals surface area contributed by atoms with Gasteiger partial charge in [0.15, 0.2) is 11.0 Å². The van der Waals surface area contributed by atoms with Gasteiger partial charge in [-0.3, -0.25) is 9.10 Å². The molecule has 1 aliphatic heterocycles. The van der Waals surface area contributed by atoms with Crippen LogP contribution in [0.2, 0.25) is 0 Å². The van der Waals surface area contributed by atoms with E-state index in [-0.39, 0.29) is 18.3 Å². The van der Waals surface area contributed by atoms with Crippen LogP contribution >= 0.6 is 0 Å². The summed E-state index contributed by atoms with van der Waals surface area (Å²) >= 11 is 0. The third-order valence-corrected chi connectivity index (χ3v) is 7.87. The first kappa shape index (κ1) is 24.7. The van der Waals surface area contributed by atoms with E-state index < -0.39 is 11.0 Å². The van der Waals surface area contributed by atoms with Gasteiger partial charge in [-0.25, -0.2) is 8.60 Å². The highest BCUT2D eigenvalue weighted by molar-refractivity contribution is 7.86. The summed E-state index contributed by atoms with van der Waals surface area (Å²) in [6.45, 7) is 3.13. The van der Waals surface area contributed by atoms with E-state index >= 15 is 0 Å². The number of amides is 1. The Hall–Kier alpha value is -3.97. The van der Waals surface area contributed by atoms with Gasteiger partial charge in [-0.05, 0) is 66.2 Å². The van der Waals surface area contributed by atoms with Crippen LogP contribution in [0.25, 0.3) is 0 Å². The highest BCUT2D eigenvalue weighted by atomic mass is 32.2. The van der Waals surface area contributed by atoms with Crippen molar-refractivity contribution in [2.24, 2.45) is 0 Å². The zero-order valence-corrected chi connectivity index (χ0v) is 21.2. The normalized spacial score (nSPS) is 14.3. The van der Waals surface area contributed by atoms with E-state index in [9.17, 15) is 13.4 Å². The molecule has 0 N–H and O–H groups in total. The highest BCUT2D eigenvalue weighted by Gasteiger charge is 2.23. The zero-order chi connectivity index (χ0) is 25.6. The van der Waals surface area contributed by atoms with Crippen molar-refractivity contribution in [1.29, 1.82) is 0 Å². The number of nitrogens with zero attached hydrogens (tertiary/aromatic N) is 3. The fourth-order valence-corrected chi connectivity index (χ4v) is 5.69. The van der Waals surface area contributed by atoms with Gasteiger partial charge in [0.05, 0.1) is 17.1 Å². The molecule has 0 aliphatic carbocycles. The molecule has 1 atom stereocenters. The number of halogens is 1. The van der Waals surface area contributed by atoms with E-state index in [0.29, 0.717) is 34.8 Å². The summed E-state index contributed by atoms with van der Waals surface area (Å²) in [6, 6.07) is 32.9. The average Bonchev–Trinajstić information content (AvgIpc) is 2.96. The van der Waals surface area contributed by atoms with Crippen LogP contribution in [-0.2, 0) is 17.5 Å². The third-order valence-electron chi connectivity index (χ3n) is 6.45.